The van der Waals surface area contributed by atoms with E-state index in [1.54, 1.807) is 11.8 Å². The molecule has 86 valence electrons. The third kappa shape index (κ3) is 3.67. The summed E-state index contributed by atoms with van der Waals surface area (Å²) in [5, 5.41) is 21.9. The molecule has 0 saturated heterocycles. The molecular weight excluding hydrogens is 208 g/mol. The van der Waals surface area contributed by atoms with Crippen LogP contribution in [-0.2, 0) is 0 Å². The van der Waals surface area contributed by atoms with Crippen LogP contribution >= 0.6 is 11.8 Å². The zero-order valence-electron chi connectivity index (χ0n) is 9.33. The van der Waals surface area contributed by atoms with Gasteiger partial charge >= 0.3 is 0 Å². The van der Waals surface area contributed by atoms with Crippen LogP contribution < -0.4 is 5.32 Å². The lowest BCUT2D eigenvalue weighted by atomic mass is 10.00. The Morgan fingerprint density at radius 2 is 2.47 bits per heavy atom. The molecule has 0 radical (unpaired) electrons. The fourth-order valence-electron chi connectivity index (χ4n) is 2.03. The van der Waals surface area contributed by atoms with Gasteiger partial charge in [-0.2, -0.15) is 17.0 Å². The quantitative estimate of drug-likeness (QED) is 0.724. The van der Waals surface area contributed by atoms with Crippen molar-refractivity contribution in [2.24, 2.45) is 0 Å². The number of aliphatic hydroxyl groups excluding tert-OH is 1. The van der Waals surface area contributed by atoms with E-state index in [2.05, 4.69) is 18.3 Å². The molecule has 0 aliphatic heterocycles. The Bertz CT molecular complexity index is 229. The maximum absolute atomic E-state index is 9.22. The van der Waals surface area contributed by atoms with E-state index >= 15 is 0 Å². The summed E-state index contributed by atoms with van der Waals surface area (Å²) in [4.78, 5) is 0. The first-order chi connectivity index (χ1) is 7.26. The third-order valence-electron chi connectivity index (χ3n) is 2.84. The van der Waals surface area contributed by atoms with Crippen molar-refractivity contribution < 1.29 is 5.11 Å². The van der Waals surface area contributed by atoms with E-state index in [0.29, 0.717) is 5.25 Å². The van der Waals surface area contributed by atoms with Crippen LogP contribution in [0.25, 0.3) is 0 Å². The molecule has 0 heterocycles. The van der Waals surface area contributed by atoms with Crippen molar-refractivity contribution in [2.75, 3.05) is 18.9 Å². The number of hydrogen-bond donors (Lipinski definition) is 2. The van der Waals surface area contributed by atoms with Gasteiger partial charge < -0.3 is 5.11 Å². The van der Waals surface area contributed by atoms with Crippen LogP contribution in [0.15, 0.2) is 0 Å². The van der Waals surface area contributed by atoms with Gasteiger partial charge in [-0.15, -0.1) is 0 Å². The zero-order chi connectivity index (χ0) is 11.1. The van der Waals surface area contributed by atoms with Gasteiger partial charge in [-0.05, 0) is 32.2 Å². The molecule has 2 N–H and O–H groups in total. The molecule has 4 heteroatoms. The number of rotatable bonds is 6. The highest BCUT2D eigenvalue weighted by Gasteiger charge is 2.38. The molecule has 1 aliphatic rings. The Hall–Kier alpha value is -0.240. The minimum Gasteiger partial charge on any atom is -0.396 e. The van der Waals surface area contributed by atoms with Crippen molar-refractivity contribution in [1.29, 1.82) is 5.26 Å². The molecule has 15 heavy (non-hydrogen) atoms. The van der Waals surface area contributed by atoms with E-state index in [1.807, 2.05) is 0 Å². The van der Waals surface area contributed by atoms with E-state index in [0.717, 1.165) is 38.0 Å². The van der Waals surface area contributed by atoms with Crippen LogP contribution in [0.1, 0.15) is 32.6 Å². The summed E-state index contributed by atoms with van der Waals surface area (Å²) in [6.07, 6.45) is 4.04. The summed E-state index contributed by atoms with van der Waals surface area (Å²) in [6, 6.07) is 2.43. The Morgan fingerprint density at radius 3 is 3.07 bits per heavy atom. The Balaban J connectivity index is 2.39. The normalized spacial score (nSPS) is 30.3. The molecule has 3 nitrogen and oxygen atoms in total. The van der Waals surface area contributed by atoms with Crippen molar-refractivity contribution in [2.45, 2.75) is 43.4 Å². The second-order valence-corrected chi connectivity index (χ2v) is 5.49. The number of nitriles is 1. The van der Waals surface area contributed by atoms with Crippen molar-refractivity contribution in [3.8, 4) is 6.07 Å². The highest BCUT2D eigenvalue weighted by Crippen LogP contribution is 2.36. The summed E-state index contributed by atoms with van der Waals surface area (Å²) in [5.41, 5.74) is -0.289. The summed E-state index contributed by atoms with van der Waals surface area (Å²) < 4.78 is 0. The molecule has 1 aliphatic carbocycles. The Morgan fingerprint density at radius 1 is 1.67 bits per heavy atom. The van der Waals surface area contributed by atoms with E-state index in [1.165, 1.54) is 0 Å². The van der Waals surface area contributed by atoms with Crippen molar-refractivity contribution in [3.05, 3.63) is 0 Å². The predicted molar refractivity (Wildman–Crippen MR) is 63.8 cm³/mol. The van der Waals surface area contributed by atoms with Gasteiger partial charge in [0.2, 0.25) is 0 Å². The van der Waals surface area contributed by atoms with E-state index in [-0.39, 0.29) is 12.1 Å². The fourth-order valence-corrected chi connectivity index (χ4v) is 3.15. The van der Waals surface area contributed by atoms with Gasteiger partial charge in [-0.3, -0.25) is 5.32 Å². The smallest absolute Gasteiger partial charge is 0.107 e. The lowest BCUT2D eigenvalue weighted by Gasteiger charge is -2.22. The number of nitrogens with zero attached hydrogens (tertiary/aromatic N) is 1. The molecule has 0 spiro atoms. The minimum atomic E-state index is -0.289. The largest absolute Gasteiger partial charge is 0.396 e. The summed E-state index contributed by atoms with van der Waals surface area (Å²) in [5.74, 6) is 0.792. The second kappa shape index (κ2) is 6.37. The molecule has 1 saturated carbocycles. The number of thioether (sulfide) groups is 1. The Kier molecular flexibility index (Phi) is 5.44. The molecule has 2 unspecified atom stereocenters. The average Bonchev–Trinajstić information content (AvgIpc) is 2.68. The topological polar surface area (TPSA) is 56.0 Å². The molecule has 0 amide bonds. The number of hydrogen-bond acceptors (Lipinski definition) is 4. The first kappa shape index (κ1) is 12.8. The van der Waals surface area contributed by atoms with Crippen molar-refractivity contribution in [1.82, 2.24) is 5.32 Å². The summed E-state index contributed by atoms with van der Waals surface area (Å²) in [6.45, 7) is 3.28. The highest BCUT2D eigenvalue weighted by molar-refractivity contribution is 7.99. The lowest BCUT2D eigenvalue weighted by Crippen LogP contribution is -2.42. The lowest BCUT2D eigenvalue weighted by molar-refractivity contribution is 0.322. The van der Waals surface area contributed by atoms with Gasteiger partial charge in [0.15, 0.2) is 0 Å². The molecule has 1 fully saturated rings. The second-order valence-electron chi connectivity index (χ2n) is 4.08. The van der Waals surface area contributed by atoms with Crippen LogP contribution in [0.5, 0.6) is 0 Å². The van der Waals surface area contributed by atoms with Crippen LogP contribution in [0.4, 0.5) is 0 Å². The van der Waals surface area contributed by atoms with E-state index in [9.17, 15) is 5.26 Å². The Labute approximate surface area is 96.2 Å². The maximum Gasteiger partial charge on any atom is 0.107 e. The fraction of sp³-hybridized carbons (Fsp3) is 0.909. The average molecular weight is 228 g/mol. The number of aliphatic hydroxyl groups is 1. The third-order valence-corrected chi connectivity index (χ3v) is 4.13. The molecule has 0 aromatic rings. The van der Waals surface area contributed by atoms with Crippen LogP contribution in [-0.4, -0.2) is 34.8 Å². The van der Waals surface area contributed by atoms with Crippen LogP contribution in [0.3, 0.4) is 0 Å². The highest BCUT2D eigenvalue weighted by atomic mass is 32.2. The van der Waals surface area contributed by atoms with E-state index < -0.39 is 0 Å². The molecule has 0 aromatic carbocycles. The SMILES string of the molecule is CCCNC1(C#N)CCC(SCCO)C1. The van der Waals surface area contributed by atoms with Gasteiger partial charge in [-0.1, -0.05) is 6.92 Å². The van der Waals surface area contributed by atoms with Gasteiger partial charge in [0.05, 0.1) is 12.7 Å². The van der Waals surface area contributed by atoms with Crippen LogP contribution in [0.2, 0.25) is 0 Å². The van der Waals surface area contributed by atoms with Gasteiger partial charge in [-0.25, -0.2) is 0 Å². The molecule has 2 atom stereocenters. The predicted octanol–water partition coefficient (Wildman–Crippen LogP) is 1.53. The molecular formula is C11H20N2OS. The molecule has 1 rings (SSSR count). The van der Waals surface area contributed by atoms with Gasteiger partial charge in [0, 0.05) is 11.0 Å². The summed E-state index contributed by atoms with van der Waals surface area (Å²) >= 11 is 1.79. The van der Waals surface area contributed by atoms with E-state index in [4.69, 9.17) is 5.11 Å². The van der Waals surface area contributed by atoms with Crippen molar-refractivity contribution >= 4 is 11.8 Å². The standard InChI is InChI=1S/C11H20N2OS/c1-2-5-13-11(9-12)4-3-10(8-11)15-7-6-14/h10,13-14H,2-8H2,1H3. The minimum absolute atomic E-state index is 0.239. The number of nitrogens with one attached hydrogen (secondary N) is 1. The zero-order valence-corrected chi connectivity index (χ0v) is 10.1. The van der Waals surface area contributed by atoms with Crippen molar-refractivity contribution in [3.63, 3.8) is 0 Å². The van der Waals surface area contributed by atoms with Crippen LogP contribution in [0, 0.1) is 11.3 Å². The first-order valence-electron chi connectivity index (χ1n) is 5.65. The van der Waals surface area contributed by atoms with Gasteiger partial charge in [0.1, 0.15) is 5.54 Å². The first-order valence-corrected chi connectivity index (χ1v) is 6.70. The van der Waals surface area contributed by atoms with Gasteiger partial charge in [0.25, 0.3) is 0 Å². The molecule has 0 aromatic heterocycles. The maximum atomic E-state index is 9.22. The monoisotopic (exact) mass is 228 g/mol. The molecule has 0 bridgehead atoms. The summed E-state index contributed by atoms with van der Waals surface area (Å²) in [7, 11) is 0.